The predicted octanol–water partition coefficient (Wildman–Crippen LogP) is 5.22. The highest BCUT2D eigenvalue weighted by Gasteiger charge is 2.35. The number of nitrogens with zero attached hydrogens (tertiary/aromatic N) is 1. The highest BCUT2D eigenvalue weighted by Crippen LogP contribution is 2.31. The van der Waals surface area contributed by atoms with Crippen LogP contribution in [-0.2, 0) is 9.59 Å². The molecule has 1 saturated heterocycles. The Morgan fingerprint density at radius 2 is 1.83 bits per heavy atom. The van der Waals surface area contributed by atoms with Crippen LogP contribution < -0.4 is 10.2 Å². The maximum Gasteiger partial charge on any atom is 0.270 e. The Bertz CT molecular complexity index is 1190. The summed E-state index contributed by atoms with van der Waals surface area (Å²) in [6.07, 6.45) is 1.42. The molecule has 1 aliphatic rings. The minimum atomic E-state index is -0.574. The van der Waals surface area contributed by atoms with Crippen molar-refractivity contribution in [2.75, 3.05) is 4.90 Å². The Labute approximate surface area is 187 Å². The molecule has 0 aliphatic carbocycles. The number of carbonyl (C=O) groups is 2. The van der Waals surface area contributed by atoms with Crippen molar-refractivity contribution < 1.29 is 14.0 Å². The second kappa shape index (κ2) is 8.47. The molecule has 0 saturated carbocycles. The van der Waals surface area contributed by atoms with Crippen LogP contribution in [0.2, 0.25) is 5.02 Å². The number of benzene rings is 2. The lowest BCUT2D eigenvalue weighted by Gasteiger charge is -2.30. The van der Waals surface area contributed by atoms with Gasteiger partial charge in [-0.1, -0.05) is 47.6 Å². The molecule has 2 aromatic carbocycles. The fraction of sp³-hybridized carbons (Fsp3) is 0.0455. The smallest absolute Gasteiger partial charge is 0.270 e. The third-order valence-electron chi connectivity index (χ3n) is 4.43. The molecule has 8 heteroatoms. The molecule has 30 heavy (non-hydrogen) atoms. The Morgan fingerprint density at radius 1 is 1.07 bits per heavy atom. The second-order valence-electron chi connectivity index (χ2n) is 6.41. The van der Waals surface area contributed by atoms with Gasteiger partial charge in [0.1, 0.15) is 11.3 Å². The van der Waals surface area contributed by atoms with Gasteiger partial charge in [0, 0.05) is 9.92 Å². The molecule has 1 aromatic heterocycles. The quantitative estimate of drug-likeness (QED) is 0.332. The van der Waals surface area contributed by atoms with Crippen LogP contribution in [0.5, 0.6) is 0 Å². The number of hydrogen-bond acceptors (Lipinski definition) is 5. The van der Waals surface area contributed by atoms with Gasteiger partial charge in [0.25, 0.3) is 11.8 Å². The summed E-state index contributed by atoms with van der Waals surface area (Å²) in [5.41, 5.74) is 1.13. The lowest BCUT2D eigenvalue weighted by atomic mass is 10.1. The molecule has 2 amide bonds. The summed E-state index contributed by atoms with van der Waals surface area (Å²) in [4.78, 5) is 27.9. The van der Waals surface area contributed by atoms with Gasteiger partial charge in [0.05, 0.1) is 5.69 Å². The van der Waals surface area contributed by atoms with Crippen molar-refractivity contribution in [2.45, 2.75) is 16.9 Å². The molecule has 0 unspecified atom stereocenters. The number of anilines is 1. The van der Waals surface area contributed by atoms with Crippen LogP contribution in [0.25, 0.3) is 6.08 Å². The Balaban J connectivity index is 1.64. The molecule has 4 rings (SSSR count). The van der Waals surface area contributed by atoms with Gasteiger partial charge < -0.3 is 4.42 Å². The average molecular weight is 455 g/mol. The van der Waals surface area contributed by atoms with Gasteiger partial charge in [-0.3, -0.25) is 19.8 Å². The van der Waals surface area contributed by atoms with E-state index in [2.05, 4.69) is 5.32 Å². The van der Waals surface area contributed by atoms with E-state index in [-0.39, 0.29) is 10.7 Å². The van der Waals surface area contributed by atoms with E-state index in [1.165, 1.54) is 22.7 Å². The summed E-state index contributed by atoms with van der Waals surface area (Å²) in [7, 11) is 0. The summed E-state index contributed by atoms with van der Waals surface area (Å²) in [6.45, 7) is 1.78. The Kier molecular flexibility index (Phi) is 5.76. The summed E-state index contributed by atoms with van der Waals surface area (Å²) in [5, 5.41) is 3.72. The maximum atomic E-state index is 13.1. The highest BCUT2D eigenvalue weighted by atomic mass is 35.5. The zero-order chi connectivity index (χ0) is 21.3. The molecule has 5 nitrogen and oxygen atoms in total. The molecule has 0 atom stereocenters. The van der Waals surface area contributed by atoms with Crippen LogP contribution in [0.15, 0.2) is 80.6 Å². The van der Waals surface area contributed by atoms with Crippen LogP contribution in [-0.4, -0.2) is 16.9 Å². The predicted molar refractivity (Wildman–Crippen MR) is 122 cm³/mol. The van der Waals surface area contributed by atoms with Crippen molar-refractivity contribution in [3.63, 3.8) is 0 Å². The average Bonchev–Trinajstić information content (AvgIpc) is 3.16. The number of nitrogens with one attached hydrogen (secondary N) is 1. The number of hydrogen-bond donors (Lipinski definition) is 1. The van der Waals surface area contributed by atoms with Crippen LogP contribution in [0.3, 0.4) is 0 Å². The molecule has 1 N–H and O–H groups in total. The number of rotatable bonds is 4. The fourth-order valence-corrected chi connectivity index (χ4v) is 4.17. The van der Waals surface area contributed by atoms with Crippen LogP contribution in [0.4, 0.5) is 5.69 Å². The van der Waals surface area contributed by atoms with Gasteiger partial charge in [0.2, 0.25) is 0 Å². The van der Waals surface area contributed by atoms with Crippen LogP contribution in [0.1, 0.15) is 11.3 Å². The van der Waals surface area contributed by atoms with Gasteiger partial charge in [0.15, 0.2) is 10.2 Å². The van der Waals surface area contributed by atoms with Crippen molar-refractivity contribution in [3.8, 4) is 0 Å². The first-order valence-electron chi connectivity index (χ1n) is 8.93. The first kappa shape index (κ1) is 20.4. The maximum absolute atomic E-state index is 13.1. The van der Waals surface area contributed by atoms with Crippen molar-refractivity contribution in [2.24, 2.45) is 0 Å². The van der Waals surface area contributed by atoms with Gasteiger partial charge in [-0.05, 0) is 67.2 Å². The number of furan rings is 1. The molecular weight excluding hydrogens is 440 g/mol. The van der Waals surface area contributed by atoms with Crippen molar-refractivity contribution in [1.82, 2.24) is 5.32 Å². The lowest BCUT2D eigenvalue weighted by molar-refractivity contribution is -0.122. The number of amides is 2. The number of halogens is 1. The van der Waals surface area contributed by atoms with Crippen LogP contribution in [0, 0.1) is 6.92 Å². The van der Waals surface area contributed by atoms with Crippen molar-refractivity contribution >= 4 is 64.3 Å². The molecular formula is C22H15ClN2O3S2. The molecule has 0 bridgehead atoms. The third kappa shape index (κ3) is 4.05. The minimum Gasteiger partial charge on any atom is -0.450 e. The zero-order valence-corrected chi connectivity index (χ0v) is 18.1. The van der Waals surface area contributed by atoms with E-state index in [4.69, 9.17) is 28.2 Å². The lowest BCUT2D eigenvalue weighted by Crippen LogP contribution is -2.54. The molecule has 0 radical (unpaired) electrons. The monoisotopic (exact) mass is 454 g/mol. The molecule has 2 heterocycles. The summed E-state index contributed by atoms with van der Waals surface area (Å²) < 4.78 is 5.78. The van der Waals surface area contributed by atoms with E-state index in [9.17, 15) is 9.59 Å². The first-order valence-corrected chi connectivity index (χ1v) is 10.5. The second-order valence-corrected chi connectivity index (χ2v) is 8.29. The summed E-state index contributed by atoms with van der Waals surface area (Å²) >= 11 is 12.9. The van der Waals surface area contributed by atoms with Crippen LogP contribution >= 0.6 is 35.6 Å². The van der Waals surface area contributed by atoms with E-state index in [0.717, 1.165) is 4.90 Å². The number of thiocarbonyl (C=S) groups is 1. The topological polar surface area (TPSA) is 62.6 Å². The normalized spacial score (nSPS) is 15.6. The zero-order valence-electron chi connectivity index (χ0n) is 15.7. The van der Waals surface area contributed by atoms with Gasteiger partial charge >= 0.3 is 0 Å². The highest BCUT2D eigenvalue weighted by molar-refractivity contribution is 7.99. The minimum absolute atomic E-state index is 0.00674. The Morgan fingerprint density at radius 3 is 2.60 bits per heavy atom. The van der Waals surface area contributed by atoms with E-state index in [0.29, 0.717) is 27.1 Å². The van der Waals surface area contributed by atoms with Gasteiger partial charge in [-0.15, -0.1) is 0 Å². The molecule has 150 valence electrons. The molecule has 3 aromatic rings. The Hall–Kier alpha value is -2.87. The van der Waals surface area contributed by atoms with Crippen molar-refractivity contribution in [3.05, 3.63) is 82.6 Å². The first-order chi connectivity index (χ1) is 14.4. The largest absolute Gasteiger partial charge is 0.450 e. The van der Waals surface area contributed by atoms with Gasteiger partial charge in [-0.2, -0.15) is 0 Å². The van der Waals surface area contributed by atoms with E-state index in [1.54, 1.807) is 37.3 Å². The SMILES string of the molecule is Cc1c(Cl)cccc1N1C(=O)/C(=C/c2ccc(Sc3ccccc3)o2)C(=O)NC1=S. The standard InChI is InChI=1S/C22H15ClN2O3S2/c1-13-17(23)8-5-9-18(13)25-21(27)16(20(26)24-22(25)29)12-14-10-11-19(28-14)30-15-6-3-2-4-7-15/h2-12H,1H3,(H,24,26,29)/b16-12+. The summed E-state index contributed by atoms with van der Waals surface area (Å²) in [5.74, 6) is -0.722. The molecule has 1 fully saturated rings. The fourth-order valence-electron chi connectivity index (χ4n) is 2.93. The molecule has 0 spiro atoms. The summed E-state index contributed by atoms with van der Waals surface area (Å²) in [6, 6.07) is 18.4. The van der Waals surface area contributed by atoms with Crippen molar-refractivity contribution in [1.29, 1.82) is 0 Å². The number of carbonyl (C=O) groups excluding carboxylic acids is 2. The van der Waals surface area contributed by atoms with Gasteiger partial charge in [-0.25, -0.2) is 0 Å². The molecule has 1 aliphatic heterocycles. The third-order valence-corrected chi connectivity index (χ3v) is 6.05. The van der Waals surface area contributed by atoms with E-state index < -0.39 is 11.8 Å². The van der Waals surface area contributed by atoms with E-state index in [1.807, 2.05) is 30.3 Å². The van der Waals surface area contributed by atoms with E-state index >= 15 is 0 Å².